The zero-order valence-corrected chi connectivity index (χ0v) is 20.9. The van der Waals surface area contributed by atoms with Gasteiger partial charge in [-0.05, 0) is 55.7 Å². The molecule has 0 saturated carbocycles. The van der Waals surface area contributed by atoms with E-state index in [4.69, 9.17) is 9.47 Å². The monoisotopic (exact) mass is 479 g/mol. The van der Waals surface area contributed by atoms with Crippen molar-refractivity contribution in [3.8, 4) is 0 Å². The second-order valence-corrected chi connectivity index (χ2v) is 8.73. The Labute approximate surface area is 205 Å². The van der Waals surface area contributed by atoms with Gasteiger partial charge in [0.2, 0.25) is 11.6 Å². The highest BCUT2D eigenvalue weighted by Crippen LogP contribution is 2.33. The summed E-state index contributed by atoms with van der Waals surface area (Å²) in [4.78, 5) is 49.4. The third-order valence-electron chi connectivity index (χ3n) is 6.36. The summed E-state index contributed by atoms with van der Waals surface area (Å²) < 4.78 is 11.9. The largest absolute Gasteiger partial charge is 0.460 e. The van der Waals surface area contributed by atoms with Gasteiger partial charge in [-0.3, -0.25) is 14.4 Å². The average molecular weight is 480 g/mol. The molecule has 0 aliphatic heterocycles. The molecule has 7 heteroatoms. The summed E-state index contributed by atoms with van der Waals surface area (Å²) in [6.07, 6.45) is 4.41. The molecule has 1 aromatic heterocycles. The van der Waals surface area contributed by atoms with Crippen LogP contribution in [0.3, 0.4) is 0 Å². The van der Waals surface area contributed by atoms with Crippen molar-refractivity contribution in [3.05, 3.63) is 47.5 Å². The van der Waals surface area contributed by atoms with E-state index < -0.39 is 23.3 Å². The second-order valence-electron chi connectivity index (χ2n) is 8.73. The standard InChI is InChI=1S/C28H33NO6/c1-5-8-9-18(6-2)16-29-23-12-10-19(26(31)25(30)17-34-4)14-21(23)22-15-20(11-13-24(22)29)27(32)28(33)35-7-3/h10-15,18H,5-9,16-17H2,1-4H3. The quantitative estimate of drug-likeness (QED) is 0.191. The van der Waals surface area contributed by atoms with E-state index in [1.165, 1.54) is 7.11 Å². The molecule has 1 unspecified atom stereocenters. The molecule has 1 heterocycles. The third-order valence-corrected chi connectivity index (χ3v) is 6.36. The van der Waals surface area contributed by atoms with Gasteiger partial charge in [0.25, 0.3) is 5.78 Å². The second kappa shape index (κ2) is 11.9. The fourth-order valence-corrected chi connectivity index (χ4v) is 4.43. The Morgan fingerprint density at radius 2 is 1.49 bits per heavy atom. The molecule has 0 bridgehead atoms. The highest BCUT2D eigenvalue weighted by molar-refractivity contribution is 6.44. The minimum absolute atomic E-state index is 0.114. The molecule has 0 saturated heterocycles. The van der Waals surface area contributed by atoms with Crippen molar-refractivity contribution in [2.45, 2.75) is 53.0 Å². The van der Waals surface area contributed by atoms with Crippen LogP contribution in [-0.4, -0.2) is 48.2 Å². The molecule has 3 aromatic rings. The molecule has 0 radical (unpaired) electrons. The molecule has 0 amide bonds. The summed E-state index contributed by atoms with van der Waals surface area (Å²) in [6, 6.07) is 10.3. The predicted octanol–water partition coefficient (Wildman–Crippen LogP) is 5.15. The van der Waals surface area contributed by atoms with Crippen LogP contribution in [-0.2, 0) is 25.6 Å². The number of unbranched alkanes of at least 4 members (excludes halogenated alkanes) is 1. The molecule has 3 rings (SSSR count). The fourth-order valence-electron chi connectivity index (χ4n) is 4.43. The van der Waals surface area contributed by atoms with Crippen LogP contribution >= 0.6 is 0 Å². The van der Waals surface area contributed by atoms with Crippen molar-refractivity contribution in [1.82, 2.24) is 4.57 Å². The number of ketones is 3. The van der Waals surface area contributed by atoms with Gasteiger partial charge in [0.15, 0.2) is 0 Å². The topological polar surface area (TPSA) is 91.7 Å². The van der Waals surface area contributed by atoms with Gasteiger partial charge in [0.1, 0.15) is 6.61 Å². The lowest BCUT2D eigenvalue weighted by molar-refractivity contribution is -0.137. The first-order valence-corrected chi connectivity index (χ1v) is 12.2. The molecular weight excluding hydrogens is 446 g/mol. The van der Waals surface area contributed by atoms with Gasteiger partial charge in [-0.25, -0.2) is 4.79 Å². The first-order valence-electron chi connectivity index (χ1n) is 12.2. The van der Waals surface area contributed by atoms with Crippen LogP contribution in [0.4, 0.5) is 0 Å². The molecule has 7 nitrogen and oxygen atoms in total. The summed E-state index contributed by atoms with van der Waals surface area (Å²) in [6.45, 7) is 6.63. The molecule has 0 N–H and O–H groups in total. The van der Waals surface area contributed by atoms with Crippen molar-refractivity contribution in [1.29, 1.82) is 0 Å². The van der Waals surface area contributed by atoms with Crippen molar-refractivity contribution in [3.63, 3.8) is 0 Å². The van der Waals surface area contributed by atoms with Crippen molar-refractivity contribution in [2.24, 2.45) is 5.92 Å². The van der Waals surface area contributed by atoms with Crippen LogP contribution in [0.2, 0.25) is 0 Å². The lowest BCUT2D eigenvalue weighted by Crippen LogP contribution is -2.19. The summed E-state index contributed by atoms with van der Waals surface area (Å²) >= 11 is 0. The molecule has 0 fully saturated rings. The minimum Gasteiger partial charge on any atom is -0.460 e. The van der Waals surface area contributed by atoms with Crippen LogP contribution in [0.1, 0.15) is 67.2 Å². The van der Waals surface area contributed by atoms with E-state index in [1.54, 1.807) is 31.2 Å². The van der Waals surface area contributed by atoms with Gasteiger partial charge in [0, 0.05) is 46.6 Å². The molecule has 0 aliphatic rings. The Morgan fingerprint density at radius 3 is 2.00 bits per heavy atom. The highest BCUT2D eigenvalue weighted by Gasteiger charge is 2.22. The number of carbonyl (C=O) groups excluding carboxylic acids is 4. The highest BCUT2D eigenvalue weighted by atomic mass is 16.5. The smallest absolute Gasteiger partial charge is 0.379 e. The SMILES string of the molecule is CCCCC(CC)Cn1c2ccc(C(=O)C(=O)COC)cc2c2cc(C(=O)C(=O)OCC)ccc21. The van der Waals surface area contributed by atoms with E-state index in [0.29, 0.717) is 5.92 Å². The molecular formula is C28H33NO6. The maximum absolute atomic E-state index is 12.6. The third kappa shape index (κ3) is 5.68. The Bertz CT molecular complexity index is 1170. The van der Waals surface area contributed by atoms with Gasteiger partial charge in [-0.15, -0.1) is 0 Å². The predicted molar refractivity (Wildman–Crippen MR) is 135 cm³/mol. The summed E-state index contributed by atoms with van der Waals surface area (Å²) in [5.74, 6) is -2.39. The molecule has 0 aliphatic carbocycles. The average Bonchev–Trinajstić information content (AvgIpc) is 3.17. The number of benzene rings is 2. The molecule has 0 spiro atoms. The zero-order valence-electron chi connectivity index (χ0n) is 20.9. The molecule has 1 atom stereocenters. The molecule has 186 valence electrons. The first-order chi connectivity index (χ1) is 16.9. The Morgan fingerprint density at radius 1 is 0.886 bits per heavy atom. The number of nitrogens with zero attached hydrogens (tertiary/aromatic N) is 1. The van der Waals surface area contributed by atoms with Gasteiger partial charge in [-0.2, -0.15) is 0 Å². The number of aromatic nitrogens is 1. The lowest BCUT2D eigenvalue weighted by atomic mass is 9.99. The molecule has 35 heavy (non-hydrogen) atoms. The van der Waals surface area contributed by atoms with Crippen LogP contribution < -0.4 is 0 Å². The van der Waals surface area contributed by atoms with Gasteiger partial charge in [0.05, 0.1) is 6.61 Å². The van der Waals surface area contributed by atoms with E-state index in [2.05, 4.69) is 18.4 Å². The summed E-state index contributed by atoms with van der Waals surface area (Å²) in [5, 5.41) is 1.49. The number of ether oxygens (including phenoxy) is 2. The number of Topliss-reactive ketones (excluding diaryl/α,β-unsaturated/α-hetero) is 3. The number of hydrogen-bond acceptors (Lipinski definition) is 6. The van der Waals surface area contributed by atoms with E-state index in [9.17, 15) is 19.2 Å². The Balaban J connectivity index is 2.17. The molecule has 2 aromatic carbocycles. The van der Waals surface area contributed by atoms with E-state index in [-0.39, 0.29) is 24.3 Å². The van der Waals surface area contributed by atoms with Crippen molar-refractivity contribution >= 4 is 45.1 Å². The number of carbonyl (C=O) groups is 4. The minimum atomic E-state index is -0.901. The zero-order chi connectivity index (χ0) is 25.5. The Hall–Kier alpha value is -3.32. The lowest BCUT2D eigenvalue weighted by Gasteiger charge is -2.17. The van der Waals surface area contributed by atoms with E-state index in [1.807, 2.05) is 12.1 Å². The maximum atomic E-state index is 12.6. The van der Waals surface area contributed by atoms with Crippen molar-refractivity contribution in [2.75, 3.05) is 20.3 Å². The van der Waals surface area contributed by atoms with Gasteiger partial charge in [-0.1, -0.05) is 33.1 Å². The first kappa shape index (κ1) is 26.3. The fraction of sp³-hybridized carbons (Fsp3) is 0.429. The van der Waals surface area contributed by atoms with Crippen LogP contribution in [0.15, 0.2) is 36.4 Å². The van der Waals surface area contributed by atoms with Crippen LogP contribution in [0.25, 0.3) is 21.8 Å². The summed E-state index contributed by atoms with van der Waals surface area (Å²) in [5.41, 5.74) is 2.30. The van der Waals surface area contributed by atoms with Crippen molar-refractivity contribution < 1.29 is 28.7 Å². The number of methoxy groups -OCH3 is 1. The van der Waals surface area contributed by atoms with Crippen LogP contribution in [0, 0.1) is 5.92 Å². The summed E-state index contributed by atoms with van der Waals surface area (Å²) in [7, 11) is 1.37. The van der Waals surface area contributed by atoms with E-state index in [0.717, 1.165) is 54.0 Å². The van der Waals surface area contributed by atoms with Gasteiger partial charge < -0.3 is 14.0 Å². The van der Waals surface area contributed by atoms with Crippen LogP contribution in [0.5, 0.6) is 0 Å². The number of rotatable bonds is 13. The Kier molecular flexibility index (Phi) is 8.93. The van der Waals surface area contributed by atoms with Gasteiger partial charge >= 0.3 is 5.97 Å². The van der Waals surface area contributed by atoms with E-state index >= 15 is 0 Å². The number of hydrogen-bond donors (Lipinski definition) is 0. The number of esters is 1. The number of fused-ring (bicyclic) bond motifs is 3. The normalized spacial score (nSPS) is 12.1. The maximum Gasteiger partial charge on any atom is 0.379 e.